The van der Waals surface area contributed by atoms with E-state index < -0.39 is 0 Å². The summed E-state index contributed by atoms with van der Waals surface area (Å²) in [5.74, 6) is 0. The molecule has 0 N–H and O–H groups in total. The number of para-hydroxylation sites is 1. The molecule has 0 atom stereocenters. The van der Waals surface area contributed by atoms with Gasteiger partial charge in [-0.05, 0) is 93.0 Å². The fraction of sp³-hybridized carbons (Fsp3) is 0. The number of hydrogen-bond acceptors (Lipinski definition) is 0. The Labute approximate surface area is 265 Å². The number of halogens is 1. The molecule has 208 valence electrons. The van der Waals surface area contributed by atoms with Crippen LogP contribution in [0.1, 0.15) is 0 Å². The monoisotopic (exact) mass is 625 g/mol. The first kappa shape index (κ1) is 26.4. The van der Waals surface area contributed by atoms with Crippen LogP contribution in [0.25, 0.3) is 72.0 Å². The second-order valence-electron chi connectivity index (χ2n) is 11.2. The van der Waals surface area contributed by atoms with Crippen molar-refractivity contribution >= 4 is 37.7 Å². The van der Waals surface area contributed by atoms with E-state index in [4.69, 9.17) is 0 Å². The maximum atomic E-state index is 3.71. The van der Waals surface area contributed by atoms with Gasteiger partial charge in [0.1, 0.15) is 0 Å². The molecule has 1 heterocycles. The molecule has 0 amide bonds. The molecule has 0 spiro atoms. The Hall–Kier alpha value is -5.18. The van der Waals surface area contributed by atoms with E-state index in [9.17, 15) is 0 Å². The second-order valence-corrected chi connectivity index (χ2v) is 12.1. The molecule has 0 aliphatic rings. The van der Waals surface area contributed by atoms with Crippen LogP contribution in [0.5, 0.6) is 0 Å². The van der Waals surface area contributed by atoms with Crippen LogP contribution in [0.4, 0.5) is 0 Å². The Morgan fingerprint density at radius 2 is 0.795 bits per heavy atom. The Kier molecular flexibility index (Phi) is 6.70. The van der Waals surface area contributed by atoms with Crippen molar-refractivity contribution in [1.29, 1.82) is 0 Å². The van der Waals surface area contributed by atoms with Crippen LogP contribution in [0, 0.1) is 0 Å². The van der Waals surface area contributed by atoms with Crippen LogP contribution in [0.15, 0.2) is 174 Å². The first-order valence-electron chi connectivity index (χ1n) is 14.9. The average Bonchev–Trinajstić information content (AvgIpc) is 3.42. The zero-order valence-corrected chi connectivity index (χ0v) is 25.6. The van der Waals surface area contributed by atoms with Crippen LogP contribution >= 0.6 is 15.9 Å². The van der Waals surface area contributed by atoms with E-state index in [0.717, 1.165) is 10.2 Å². The number of nitrogens with zero attached hydrogens (tertiary/aromatic N) is 1. The first-order valence-corrected chi connectivity index (χ1v) is 15.7. The molecule has 2 heteroatoms. The highest BCUT2D eigenvalue weighted by Gasteiger charge is 2.15. The zero-order valence-electron chi connectivity index (χ0n) is 24.0. The van der Waals surface area contributed by atoms with Crippen LogP contribution in [-0.2, 0) is 0 Å². The van der Waals surface area contributed by atoms with Crippen molar-refractivity contribution in [2.45, 2.75) is 0 Å². The molecule has 0 aliphatic carbocycles. The number of rotatable bonds is 5. The van der Waals surface area contributed by atoms with Crippen molar-refractivity contribution in [2.75, 3.05) is 0 Å². The molecule has 0 fully saturated rings. The largest absolute Gasteiger partial charge is 0.309 e. The van der Waals surface area contributed by atoms with E-state index in [0.29, 0.717) is 0 Å². The van der Waals surface area contributed by atoms with Crippen molar-refractivity contribution in [3.8, 4) is 50.2 Å². The van der Waals surface area contributed by atoms with Gasteiger partial charge in [0.15, 0.2) is 0 Å². The van der Waals surface area contributed by atoms with E-state index in [1.807, 2.05) is 0 Å². The van der Waals surface area contributed by atoms with Gasteiger partial charge >= 0.3 is 0 Å². The smallest absolute Gasteiger partial charge is 0.0541 e. The topological polar surface area (TPSA) is 4.93 Å². The molecule has 0 bridgehead atoms. The van der Waals surface area contributed by atoms with Crippen LogP contribution in [-0.4, -0.2) is 4.57 Å². The molecule has 8 rings (SSSR count). The second kappa shape index (κ2) is 11.1. The Morgan fingerprint density at radius 3 is 1.50 bits per heavy atom. The van der Waals surface area contributed by atoms with Gasteiger partial charge in [-0.15, -0.1) is 0 Å². The molecule has 0 aliphatic heterocycles. The summed E-state index contributed by atoms with van der Waals surface area (Å²) < 4.78 is 3.49. The predicted octanol–water partition coefficient (Wildman–Crippen LogP) is 12.2. The summed E-state index contributed by atoms with van der Waals surface area (Å²) in [6.07, 6.45) is 0. The lowest BCUT2D eigenvalue weighted by molar-refractivity contribution is 1.18. The average molecular weight is 627 g/mol. The van der Waals surface area contributed by atoms with Gasteiger partial charge in [0.25, 0.3) is 0 Å². The summed E-state index contributed by atoms with van der Waals surface area (Å²) in [4.78, 5) is 0. The molecule has 0 saturated carbocycles. The van der Waals surface area contributed by atoms with E-state index in [1.54, 1.807) is 0 Å². The third kappa shape index (κ3) is 4.84. The number of hydrogen-bond donors (Lipinski definition) is 0. The summed E-state index contributed by atoms with van der Waals surface area (Å²) in [6, 6.07) is 61.3. The van der Waals surface area contributed by atoms with Gasteiger partial charge < -0.3 is 4.57 Å². The van der Waals surface area contributed by atoms with Crippen LogP contribution in [0.3, 0.4) is 0 Å². The van der Waals surface area contributed by atoms with Crippen molar-refractivity contribution < 1.29 is 0 Å². The van der Waals surface area contributed by atoms with Gasteiger partial charge in [-0.1, -0.05) is 137 Å². The minimum absolute atomic E-state index is 1.08. The summed E-state index contributed by atoms with van der Waals surface area (Å²) in [6.45, 7) is 0. The standard InChI is InChI=1S/C42H28BrN/c43-37-22-23-42-40(28-37)39-16-7-8-17-41(39)44(42)38-26-35(32-20-18-31(19-21-32)29-10-3-1-4-11-29)25-36(27-38)34-15-9-14-33(24-34)30-12-5-2-6-13-30/h1-28H. The van der Waals surface area contributed by atoms with Crippen molar-refractivity contribution in [1.82, 2.24) is 4.57 Å². The minimum atomic E-state index is 1.08. The number of benzene rings is 7. The highest BCUT2D eigenvalue weighted by atomic mass is 79.9. The third-order valence-electron chi connectivity index (χ3n) is 8.44. The lowest BCUT2D eigenvalue weighted by Crippen LogP contribution is -1.96. The predicted molar refractivity (Wildman–Crippen MR) is 190 cm³/mol. The lowest BCUT2D eigenvalue weighted by Gasteiger charge is -2.15. The fourth-order valence-corrected chi connectivity index (χ4v) is 6.65. The molecular formula is C42H28BrN. The molecule has 8 aromatic rings. The third-order valence-corrected chi connectivity index (χ3v) is 8.93. The summed E-state index contributed by atoms with van der Waals surface area (Å²) in [7, 11) is 0. The molecule has 44 heavy (non-hydrogen) atoms. The summed E-state index contributed by atoms with van der Waals surface area (Å²) >= 11 is 3.71. The molecule has 1 aromatic heterocycles. The molecule has 7 aromatic carbocycles. The quantitative estimate of drug-likeness (QED) is 0.179. The molecule has 1 nitrogen and oxygen atoms in total. The molecular weight excluding hydrogens is 598 g/mol. The summed E-state index contributed by atoms with van der Waals surface area (Å²) in [5.41, 5.74) is 13.2. The van der Waals surface area contributed by atoms with Gasteiger partial charge in [0.2, 0.25) is 0 Å². The maximum absolute atomic E-state index is 3.71. The fourth-order valence-electron chi connectivity index (χ4n) is 6.29. The van der Waals surface area contributed by atoms with E-state index in [1.165, 1.54) is 66.3 Å². The lowest BCUT2D eigenvalue weighted by atomic mass is 9.94. The van der Waals surface area contributed by atoms with Crippen LogP contribution in [0.2, 0.25) is 0 Å². The highest BCUT2D eigenvalue weighted by Crippen LogP contribution is 2.38. The van der Waals surface area contributed by atoms with Gasteiger partial charge in [0.05, 0.1) is 11.0 Å². The Bertz CT molecular complexity index is 2260. The first-order chi connectivity index (χ1) is 21.7. The van der Waals surface area contributed by atoms with Crippen molar-refractivity contribution in [3.05, 3.63) is 174 Å². The van der Waals surface area contributed by atoms with E-state index >= 15 is 0 Å². The van der Waals surface area contributed by atoms with Gasteiger partial charge in [0, 0.05) is 20.9 Å². The molecule has 0 radical (unpaired) electrons. The SMILES string of the molecule is Brc1ccc2c(c1)c1ccccc1n2-c1cc(-c2ccc(-c3ccccc3)cc2)cc(-c2cccc(-c3ccccc3)c2)c1. The number of fused-ring (bicyclic) bond motifs is 3. The Balaban J connectivity index is 1.34. The maximum Gasteiger partial charge on any atom is 0.0541 e. The Morgan fingerprint density at radius 1 is 0.318 bits per heavy atom. The highest BCUT2D eigenvalue weighted by molar-refractivity contribution is 9.10. The van der Waals surface area contributed by atoms with Crippen molar-refractivity contribution in [2.24, 2.45) is 0 Å². The zero-order chi connectivity index (χ0) is 29.5. The minimum Gasteiger partial charge on any atom is -0.309 e. The van der Waals surface area contributed by atoms with Gasteiger partial charge in [-0.25, -0.2) is 0 Å². The van der Waals surface area contributed by atoms with E-state index in [-0.39, 0.29) is 0 Å². The van der Waals surface area contributed by atoms with Crippen molar-refractivity contribution in [3.63, 3.8) is 0 Å². The molecule has 0 saturated heterocycles. The van der Waals surface area contributed by atoms with Gasteiger partial charge in [-0.3, -0.25) is 0 Å². The van der Waals surface area contributed by atoms with Gasteiger partial charge in [-0.2, -0.15) is 0 Å². The summed E-state index contributed by atoms with van der Waals surface area (Å²) in [5, 5.41) is 2.48. The normalized spacial score (nSPS) is 11.3. The van der Waals surface area contributed by atoms with E-state index in [2.05, 4.69) is 190 Å². The van der Waals surface area contributed by atoms with Crippen LogP contribution < -0.4 is 0 Å². The number of aromatic nitrogens is 1. The molecule has 0 unspecified atom stereocenters.